The van der Waals surface area contributed by atoms with Gasteiger partial charge in [0.2, 0.25) is 0 Å². The van der Waals surface area contributed by atoms with Gasteiger partial charge in [0, 0.05) is 71.6 Å². The van der Waals surface area contributed by atoms with Gasteiger partial charge >= 0.3 is 6.18 Å². The van der Waals surface area contributed by atoms with Crippen LogP contribution < -0.4 is 0 Å². The first kappa shape index (κ1) is 66.8. The van der Waals surface area contributed by atoms with Gasteiger partial charge in [0.15, 0.2) is 51.6 Å². The molecular weight excluding hydrogens is 1350 g/mol. The fraction of sp³-hybridized carbons (Fsp3) is 0.0114. The minimum Gasteiger partial charge on any atom is -0.309 e. The van der Waals surface area contributed by atoms with Crippen molar-refractivity contribution in [3.63, 3.8) is 0 Å². The van der Waals surface area contributed by atoms with Crippen LogP contribution in [0.15, 0.2) is 218 Å². The van der Waals surface area contributed by atoms with Crippen molar-refractivity contribution in [1.29, 1.82) is 31.6 Å². The minimum absolute atomic E-state index is 0.0106. The summed E-state index contributed by atoms with van der Waals surface area (Å²) in [5.74, 6) is 0.812. The Hall–Kier alpha value is -17.1. The highest BCUT2D eigenvalue weighted by Gasteiger charge is 2.33. The summed E-state index contributed by atoms with van der Waals surface area (Å²) < 4.78 is 51.4. The second-order valence-electron chi connectivity index (χ2n) is 24.5. The molecule has 0 unspecified atom stereocenters. The molecule has 0 radical (unpaired) electrons. The van der Waals surface area contributed by atoms with Gasteiger partial charge in [0.1, 0.15) is 6.07 Å². The number of fused-ring (bicyclic) bond motifs is 6. The molecule has 15 aromatic rings. The lowest BCUT2D eigenvalue weighted by atomic mass is 9.93. The van der Waals surface area contributed by atoms with Crippen molar-refractivity contribution in [1.82, 2.24) is 24.1 Å². The molecule has 3 heterocycles. The van der Waals surface area contributed by atoms with Crippen LogP contribution in [0.1, 0.15) is 38.9 Å². The molecule has 12 aromatic carbocycles. The zero-order valence-corrected chi connectivity index (χ0v) is 55.5. The number of benzene rings is 12. The summed E-state index contributed by atoms with van der Waals surface area (Å²) >= 11 is 0. The quantitative estimate of drug-likeness (QED) is 0.119. The Kier molecular flexibility index (Phi) is 16.6. The van der Waals surface area contributed by atoms with Gasteiger partial charge in [0.25, 0.3) is 0 Å². The van der Waals surface area contributed by atoms with Crippen molar-refractivity contribution >= 4 is 77.7 Å². The maximum atomic E-state index is 16.0. The lowest BCUT2D eigenvalue weighted by Crippen LogP contribution is -2.08. The Morgan fingerprint density at radius 2 is 0.694 bits per heavy atom. The van der Waals surface area contributed by atoms with Gasteiger partial charge in [-0.3, -0.25) is 0 Å². The maximum Gasteiger partial charge on any atom is 0.416 e. The normalized spacial score (nSPS) is 10.8. The summed E-state index contributed by atoms with van der Waals surface area (Å²) in [4.78, 5) is 37.2. The van der Waals surface area contributed by atoms with E-state index in [9.17, 15) is 31.6 Å². The fourth-order valence-electron chi connectivity index (χ4n) is 13.9. The third kappa shape index (κ3) is 11.3. The molecule has 15 rings (SSSR count). The largest absolute Gasteiger partial charge is 0.416 e. The first-order chi connectivity index (χ1) is 52.6. The van der Waals surface area contributed by atoms with E-state index in [2.05, 4.69) is 47.3 Å². The Morgan fingerprint density at radius 1 is 0.306 bits per heavy atom. The van der Waals surface area contributed by atoms with Gasteiger partial charge < -0.3 is 9.13 Å². The Labute approximate surface area is 612 Å². The van der Waals surface area contributed by atoms with Crippen LogP contribution in [-0.4, -0.2) is 24.1 Å². The third-order valence-electron chi connectivity index (χ3n) is 18.7. The van der Waals surface area contributed by atoms with Crippen LogP contribution in [-0.2, 0) is 6.18 Å². The summed E-state index contributed by atoms with van der Waals surface area (Å²) in [5.41, 5.74) is 5.61. The molecule has 20 heteroatoms. The molecule has 0 bridgehead atoms. The summed E-state index contributed by atoms with van der Waals surface area (Å²) in [6, 6.07) is 71.3. The first-order valence-corrected chi connectivity index (χ1v) is 32.4. The first-order valence-electron chi connectivity index (χ1n) is 32.4. The molecule has 0 saturated heterocycles. The smallest absolute Gasteiger partial charge is 0.309 e. The molecule has 0 saturated carbocycles. The van der Waals surface area contributed by atoms with E-state index in [1.165, 1.54) is 54.6 Å². The van der Waals surface area contributed by atoms with Crippen LogP contribution in [0.4, 0.5) is 47.3 Å². The van der Waals surface area contributed by atoms with E-state index in [1.54, 1.807) is 89.5 Å². The van der Waals surface area contributed by atoms with Crippen LogP contribution in [0.3, 0.4) is 0 Å². The van der Waals surface area contributed by atoms with Crippen molar-refractivity contribution in [3.05, 3.63) is 326 Å². The average Bonchev–Trinajstić information content (AvgIpc) is 1.58. The highest BCUT2D eigenvalue weighted by atomic mass is 19.4. The van der Waals surface area contributed by atoms with Gasteiger partial charge in [-0.1, -0.05) is 109 Å². The van der Waals surface area contributed by atoms with E-state index in [-0.39, 0.29) is 107 Å². The van der Waals surface area contributed by atoms with Gasteiger partial charge in [-0.05, 0) is 143 Å². The number of alkyl halides is 3. The Balaban J connectivity index is 1.09. The fourth-order valence-corrected chi connectivity index (χ4v) is 13.9. The van der Waals surface area contributed by atoms with E-state index in [4.69, 9.17) is 54.4 Å². The number of halogens is 3. The van der Waals surface area contributed by atoms with E-state index >= 15 is 13.2 Å². The van der Waals surface area contributed by atoms with Crippen LogP contribution in [0, 0.1) is 107 Å². The molecule has 0 amide bonds. The predicted octanol–water partition coefficient (Wildman–Crippen LogP) is 23.0. The zero-order valence-electron chi connectivity index (χ0n) is 55.5. The van der Waals surface area contributed by atoms with Crippen molar-refractivity contribution in [3.8, 4) is 138 Å². The van der Waals surface area contributed by atoms with Crippen LogP contribution in [0.25, 0.3) is 174 Å². The molecule has 3 aromatic heterocycles. The van der Waals surface area contributed by atoms with Crippen LogP contribution >= 0.6 is 0 Å². The molecule has 0 aliphatic rings. The number of hydrogen-bond acceptors (Lipinski definition) is 9. The number of nitrogens with zero attached hydrogens (tertiary/aromatic N) is 17. The second kappa shape index (κ2) is 26.8. The number of aromatic nitrogens is 5. The standard InChI is InChI=1S/C88H36F3N17/c1-98-63-31-59(46-95)82(60(32-63)47-96)53-19-26-77-69(35-53)70-36-54(83-61(48-97)33-64(99-2)42-75(83)103-6)20-27-78(70)107(77)80-40-56(87-105-85(50-13-9-7-10-14-50)104-86(106-87)51-15-11-8-12-16-51)17-23-65(80)66-24-22-62(88(89,90)91)41-81(66)108-76-25-18-52(67-38-57(44-93)58(45-94)39-72(67)100-3)34-68(76)71-37-55(21-28-79(71)108)84-73(101-4)29-49(43-92)30-74(84)102-5/h7-42H. The molecule has 0 aliphatic heterocycles. The lowest BCUT2D eigenvalue weighted by Gasteiger charge is -2.21. The van der Waals surface area contributed by atoms with E-state index in [1.807, 2.05) is 89.5 Å². The van der Waals surface area contributed by atoms with Crippen molar-refractivity contribution < 1.29 is 13.2 Å². The highest BCUT2D eigenvalue weighted by Crippen LogP contribution is 2.50. The molecule has 494 valence electrons. The van der Waals surface area contributed by atoms with Crippen LogP contribution in [0.5, 0.6) is 0 Å². The molecule has 108 heavy (non-hydrogen) atoms. The van der Waals surface area contributed by atoms with Gasteiger partial charge in [-0.15, -0.1) is 0 Å². The molecule has 0 spiro atoms. The molecular formula is C88H36F3N17. The molecule has 0 atom stereocenters. The van der Waals surface area contributed by atoms with Gasteiger partial charge in [-0.2, -0.15) is 44.7 Å². The zero-order chi connectivity index (χ0) is 75.2. The molecule has 0 aliphatic carbocycles. The van der Waals surface area contributed by atoms with E-state index in [0.717, 1.165) is 12.1 Å². The Morgan fingerprint density at radius 3 is 1.15 bits per heavy atom. The lowest BCUT2D eigenvalue weighted by molar-refractivity contribution is -0.137. The van der Waals surface area contributed by atoms with Gasteiger partial charge in [0.05, 0.1) is 131 Å². The molecule has 0 fully saturated rings. The third-order valence-corrected chi connectivity index (χ3v) is 18.7. The number of hydrogen-bond donors (Lipinski definition) is 0. The Bertz CT molecular complexity index is 6770. The molecule has 0 N–H and O–H groups in total. The topological polar surface area (TPSA) is 217 Å². The van der Waals surface area contributed by atoms with Crippen molar-refractivity contribution in [2.24, 2.45) is 0 Å². The monoisotopic (exact) mass is 1390 g/mol. The van der Waals surface area contributed by atoms with E-state index in [0.29, 0.717) is 105 Å². The summed E-state index contributed by atoms with van der Waals surface area (Å²) in [6.45, 7) is 48.7. The summed E-state index contributed by atoms with van der Waals surface area (Å²) in [5, 5.41) is 64.1. The van der Waals surface area contributed by atoms with E-state index < -0.39 is 11.7 Å². The maximum absolute atomic E-state index is 16.0. The SMILES string of the molecule is [C-]#[N+]c1cc(C#N)c(-c2ccc3c(c2)c2cc(-c4c(C#N)cc([N+]#[C-])cc4[N+]#[C-])ccc2n3-c2cc(-c3nc(-c4ccccc4)nc(-c4ccccc4)n3)ccc2-c2ccc(C(F)(F)F)cc2-n2c3ccc(-c4cc(C#N)c(C#N)cc4[N+]#[C-])cc3c3cc(-c4c([N+]#[C-])cc(C#N)cc4[N+]#[C-])ccc32)c(C#N)c1. The average molecular weight is 1390 g/mol. The number of nitriles is 6. The van der Waals surface area contributed by atoms with Crippen LogP contribution in [0.2, 0.25) is 0 Å². The highest BCUT2D eigenvalue weighted by molar-refractivity contribution is 6.15. The predicted molar refractivity (Wildman–Crippen MR) is 403 cm³/mol. The van der Waals surface area contributed by atoms with Crippen molar-refractivity contribution in [2.75, 3.05) is 0 Å². The minimum atomic E-state index is -4.96. The molecule has 17 nitrogen and oxygen atoms in total. The van der Waals surface area contributed by atoms with Crippen molar-refractivity contribution in [2.45, 2.75) is 6.18 Å². The summed E-state index contributed by atoms with van der Waals surface area (Å²) in [6.07, 6.45) is -4.96. The van der Waals surface area contributed by atoms with Gasteiger partial charge in [-0.25, -0.2) is 44.0 Å². The number of rotatable bonds is 10. The summed E-state index contributed by atoms with van der Waals surface area (Å²) in [7, 11) is 0. The second-order valence-corrected chi connectivity index (χ2v) is 24.5.